The first-order chi connectivity index (χ1) is 8.92. The molecule has 0 fully saturated rings. The van der Waals surface area contributed by atoms with Crippen LogP contribution in [0, 0.1) is 5.92 Å². The number of thioether (sulfide) groups is 1. The van der Waals surface area contributed by atoms with Crippen molar-refractivity contribution in [1.82, 2.24) is 10.6 Å². The van der Waals surface area contributed by atoms with Crippen LogP contribution in [-0.4, -0.2) is 42.2 Å². The maximum atomic E-state index is 12.0. The van der Waals surface area contributed by atoms with Crippen LogP contribution in [0.3, 0.4) is 0 Å². The van der Waals surface area contributed by atoms with Crippen LogP contribution in [0.5, 0.6) is 0 Å². The van der Waals surface area contributed by atoms with Gasteiger partial charge in [-0.1, -0.05) is 13.8 Å². The lowest BCUT2D eigenvalue weighted by Crippen LogP contribution is -2.50. The molecule has 0 aromatic heterocycles. The molecule has 0 aliphatic carbocycles. The second-order valence-corrected chi connectivity index (χ2v) is 5.91. The number of nitrogens with one attached hydrogen (secondary N) is 2. The predicted molar refractivity (Wildman–Crippen MR) is 78.1 cm³/mol. The Hall–Kier alpha value is -1.04. The fourth-order valence-corrected chi connectivity index (χ4v) is 2.15. The Labute approximate surface area is 119 Å². The number of Topliss-reactive ketones (excluding diaryl/α,β-unsaturated/α-hetero) is 1. The summed E-state index contributed by atoms with van der Waals surface area (Å²) in [6.07, 6.45) is 3.62. The van der Waals surface area contributed by atoms with Crippen molar-refractivity contribution in [2.75, 3.05) is 12.0 Å². The van der Waals surface area contributed by atoms with Crippen molar-refractivity contribution in [1.29, 1.82) is 0 Å². The van der Waals surface area contributed by atoms with Gasteiger partial charge in [0, 0.05) is 0 Å². The van der Waals surface area contributed by atoms with Crippen LogP contribution in [0.15, 0.2) is 0 Å². The number of rotatable bonds is 10. The summed E-state index contributed by atoms with van der Waals surface area (Å²) < 4.78 is 0. The molecule has 2 N–H and O–H groups in total. The molecule has 0 heterocycles. The SMILES string of the molecule is CSCC[C@H](NC=O)C(=O)N[C@@H](CC(C)C)C(C)=O. The number of carbonyl (C=O) groups is 3. The molecule has 0 aliphatic heterocycles. The standard InChI is InChI=1S/C13H24N2O3S/c1-9(2)7-12(10(3)17)15-13(18)11(14-8-16)5-6-19-4/h8-9,11-12H,5-7H2,1-4H3,(H,14,16)(H,15,18)/t11-,12-/m0/s1. The Morgan fingerprint density at radius 3 is 2.32 bits per heavy atom. The zero-order chi connectivity index (χ0) is 14.8. The molecule has 5 nitrogen and oxygen atoms in total. The van der Waals surface area contributed by atoms with E-state index in [0.717, 1.165) is 5.75 Å². The summed E-state index contributed by atoms with van der Waals surface area (Å²) in [6, 6.07) is -1.04. The van der Waals surface area contributed by atoms with Gasteiger partial charge < -0.3 is 10.6 Å². The zero-order valence-corrected chi connectivity index (χ0v) is 12.9. The Bertz CT molecular complexity index is 308. The molecule has 0 rings (SSSR count). The van der Waals surface area contributed by atoms with Gasteiger partial charge in [0.25, 0.3) is 0 Å². The van der Waals surface area contributed by atoms with Crippen LogP contribution in [0.4, 0.5) is 0 Å². The summed E-state index contributed by atoms with van der Waals surface area (Å²) in [5.74, 6) is 0.741. The number of hydrogen-bond acceptors (Lipinski definition) is 4. The quantitative estimate of drug-likeness (QED) is 0.588. The van der Waals surface area contributed by atoms with Crippen molar-refractivity contribution in [3.05, 3.63) is 0 Å². The minimum Gasteiger partial charge on any atom is -0.347 e. The van der Waals surface area contributed by atoms with Crippen molar-refractivity contribution in [3.8, 4) is 0 Å². The fourth-order valence-electron chi connectivity index (χ4n) is 1.68. The molecule has 2 amide bonds. The van der Waals surface area contributed by atoms with E-state index in [1.807, 2.05) is 20.1 Å². The largest absolute Gasteiger partial charge is 0.347 e. The van der Waals surface area contributed by atoms with Crippen LogP contribution in [-0.2, 0) is 14.4 Å². The summed E-state index contributed by atoms with van der Waals surface area (Å²) in [4.78, 5) is 34.1. The third kappa shape index (κ3) is 7.87. The topological polar surface area (TPSA) is 75.3 Å². The van der Waals surface area contributed by atoms with E-state index < -0.39 is 12.1 Å². The van der Waals surface area contributed by atoms with E-state index in [-0.39, 0.29) is 11.7 Å². The Balaban J connectivity index is 4.55. The summed E-state index contributed by atoms with van der Waals surface area (Å²) in [7, 11) is 0. The molecule has 0 saturated heterocycles. The third-order valence-corrected chi connectivity index (χ3v) is 3.35. The molecule has 6 heteroatoms. The smallest absolute Gasteiger partial charge is 0.243 e. The van der Waals surface area contributed by atoms with Gasteiger partial charge in [-0.05, 0) is 37.7 Å². The molecule has 0 aliphatic rings. The van der Waals surface area contributed by atoms with Gasteiger partial charge in [-0.25, -0.2) is 0 Å². The minimum atomic E-state index is -0.570. The highest BCUT2D eigenvalue weighted by Crippen LogP contribution is 2.07. The van der Waals surface area contributed by atoms with Gasteiger partial charge in [0.2, 0.25) is 12.3 Å². The van der Waals surface area contributed by atoms with Crippen molar-refractivity contribution in [2.45, 2.75) is 45.7 Å². The van der Waals surface area contributed by atoms with E-state index in [4.69, 9.17) is 0 Å². The van der Waals surface area contributed by atoms with Gasteiger partial charge in [0.05, 0.1) is 6.04 Å². The minimum absolute atomic E-state index is 0.0585. The number of carbonyl (C=O) groups excluding carboxylic acids is 3. The molecule has 110 valence electrons. The molecule has 0 aromatic rings. The number of ketones is 1. The normalized spacial score (nSPS) is 13.7. The summed E-state index contributed by atoms with van der Waals surface area (Å²) in [6.45, 7) is 5.46. The second-order valence-electron chi connectivity index (χ2n) is 4.92. The van der Waals surface area contributed by atoms with Gasteiger partial charge >= 0.3 is 0 Å². The molecule has 19 heavy (non-hydrogen) atoms. The van der Waals surface area contributed by atoms with Gasteiger partial charge in [0.15, 0.2) is 5.78 Å². The highest BCUT2D eigenvalue weighted by Gasteiger charge is 2.23. The van der Waals surface area contributed by atoms with Crippen LogP contribution in [0.25, 0.3) is 0 Å². The number of amides is 2. The second kappa shape index (κ2) is 9.83. The zero-order valence-electron chi connectivity index (χ0n) is 12.1. The van der Waals surface area contributed by atoms with Gasteiger partial charge in [0.1, 0.15) is 6.04 Å². The van der Waals surface area contributed by atoms with Crippen molar-refractivity contribution in [2.24, 2.45) is 5.92 Å². The first-order valence-electron chi connectivity index (χ1n) is 6.41. The van der Waals surface area contributed by atoms with Crippen LogP contribution in [0.2, 0.25) is 0 Å². The molecule has 0 aromatic carbocycles. The van der Waals surface area contributed by atoms with Crippen LogP contribution < -0.4 is 10.6 Å². The van der Waals surface area contributed by atoms with E-state index in [0.29, 0.717) is 25.2 Å². The van der Waals surface area contributed by atoms with Crippen molar-refractivity contribution in [3.63, 3.8) is 0 Å². The van der Waals surface area contributed by atoms with Crippen LogP contribution >= 0.6 is 11.8 Å². The predicted octanol–water partition coefficient (Wildman–Crippen LogP) is 0.974. The molecule has 0 radical (unpaired) electrons. The lowest BCUT2D eigenvalue weighted by Gasteiger charge is -2.21. The first kappa shape index (κ1) is 18.0. The molecule has 2 atom stereocenters. The maximum absolute atomic E-state index is 12.0. The fraction of sp³-hybridized carbons (Fsp3) is 0.769. The van der Waals surface area contributed by atoms with E-state index >= 15 is 0 Å². The van der Waals surface area contributed by atoms with Crippen molar-refractivity contribution < 1.29 is 14.4 Å². The average molecular weight is 288 g/mol. The van der Waals surface area contributed by atoms with Gasteiger partial charge in [-0.2, -0.15) is 11.8 Å². The average Bonchev–Trinajstić information content (AvgIpc) is 2.32. The summed E-state index contributed by atoms with van der Waals surface area (Å²) >= 11 is 1.61. The summed E-state index contributed by atoms with van der Waals surface area (Å²) in [5.41, 5.74) is 0. The molecular formula is C13H24N2O3S. The highest BCUT2D eigenvalue weighted by molar-refractivity contribution is 7.98. The van der Waals surface area contributed by atoms with E-state index in [9.17, 15) is 14.4 Å². The maximum Gasteiger partial charge on any atom is 0.243 e. The Kier molecular flexibility index (Phi) is 9.30. The van der Waals surface area contributed by atoms with E-state index in [1.165, 1.54) is 6.92 Å². The first-order valence-corrected chi connectivity index (χ1v) is 7.81. The highest BCUT2D eigenvalue weighted by atomic mass is 32.2. The van der Waals surface area contributed by atoms with Gasteiger partial charge in [-0.15, -0.1) is 0 Å². The monoisotopic (exact) mass is 288 g/mol. The lowest BCUT2D eigenvalue weighted by atomic mass is 10.0. The Morgan fingerprint density at radius 1 is 1.26 bits per heavy atom. The molecule has 0 spiro atoms. The number of hydrogen-bond donors (Lipinski definition) is 2. The Morgan fingerprint density at radius 2 is 1.89 bits per heavy atom. The van der Waals surface area contributed by atoms with E-state index in [2.05, 4.69) is 10.6 Å². The molecule has 0 saturated carbocycles. The van der Waals surface area contributed by atoms with Crippen molar-refractivity contribution >= 4 is 29.9 Å². The third-order valence-electron chi connectivity index (χ3n) is 2.71. The summed E-state index contributed by atoms with van der Waals surface area (Å²) in [5, 5.41) is 5.22. The van der Waals surface area contributed by atoms with Crippen LogP contribution in [0.1, 0.15) is 33.6 Å². The van der Waals surface area contributed by atoms with E-state index in [1.54, 1.807) is 11.8 Å². The lowest BCUT2D eigenvalue weighted by molar-refractivity contribution is -0.129. The molecular weight excluding hydrogens is 264 g/mol. The van der Waals surface area contributed by atoms with Gasteiger partial charge in [-0.3, -0.25) is 14.4 Å². The molecule has 0 bridgehead atoms. The molecule has 0 unspecified atom stereocenters.